The number of hydrogen-bond acceptors (Lipinski definition) is 3. The van der Waals surface area contributed by atoms with Gasteiger partial charge in [-0.3, -0.25) is 0 Å². The van der Waals surface area contributed by atoms with E-state index in [1.165, 1.54) is 126 Å². The highest BCUT2D eigenvalue weighted by Crippen LogP contribution is 2.54. The molecule has 14 rings (SSSR count). The molecule has 0 aromatic heterocycles. The van der Waals surface area contributed by atoms with Crippen molar-refractivity contribution in [2.24, 2.45) is 17.8 Å². The van der Waals surface area contributed by atoms with Crippen molar-refractivity contribution in [3.05, 3.63) is 218 Å². The van der Waals surface area contributed by atoms with Crippen LogP contribution in [0.4, 0.5) is 39.8 Å². The highest BCUT2D eigenvalue weighted by molar-refractivity contribution is 7.00. The van der Waals surface area contributed by atoms with E-state index in [0.717, 1.165) is 24.3 Å². The maximum absolute atomic E-state index is 2.85. The molecule has 4 heteroatoms. The fourth-order valence-electron chi connectivity index (χ4n) is 13.0. The Kier molecular flexibility index (Phi) is 8.97. The molecule has 2 saturated carbocycles. The molecule has 9 aromatic carbocycles. The lowest BCUT2D eigenvalue weighted by Crippen LogP contribution is -2.61. The second kappa shape index (κ2) is 15.5. The zero-order chi connectivity index (χ0) is 44.0. The summed E-state index contributed by atoms with van der Waals surface area (Å²) in [6, 6.07) is 82.4. The smallest absolute Gasteiger partial charge is 0.252 e. The molecule has 0 amide bonds. The summed E-state index contributed by atoms with van der Waals surface area (Å²) >= 11 is 0. The van der Waals surface area contributed by atoms with E-state index >= 15 is 0 Å². The van der Waals surface area contributed by atoms with Gasteiger partial charge >= 0.3 is 0 Å². The van der Waals surface area contributed by atoms with Gasteiger partial charge in [-0.05, 0) is 153 Å². The molecule has 67 heavy (non-hydrogen) atoms. The summed E-state index contributed by atoms with van der Waals surface area (Å²) < 4.78 is 0. The topological polar surface area (TPSA) is 9.72 Å². The molecule has 320 valence electrons. The fraction of sp³-hybridized carbons (Fsp3) is 0.143. The van der Waals surface area contributed by atoms with Crippen LogP contribution >= 0.6 is 0 Å². The Labute approximate surface area is 394 Å². The monoisotopic (exact) mass is 859 g/mol. The lowest BCUT2D eigenvalue weighted by atomic mass is 9.33. The molecule has 3 heterocycles. The van der Waals surface area contributed by atoms with Gasteiger partial charge in [0.25, 0.3) is 6.71 Å². The average Bonchev–Trinajstić information content (AvgIpc) is 3.60. The van der Waals surface area contributed by atoms with Gasteiger partial charge in [0.15, 0.2) is 0 Å². The fourth-order valence-corrected chi connectivity index (χ4v) is 13.0. The lowest BCUT2D eigenvalue weighted by molar-refractivity contribution is 0.242. The standard InChI is InChI=1S/C63H50BN3/c1-5-13-43(14-6-1)47-21-27-53(28-22-47)66-59-31-25-49(45-17-9-3-10-18-45)37-57(59)64-58-38-50(46-19-11-4-12-20-46)26-32-60(58)67(54-29-23-48(24-30-54)44-15-7-2-8-16-44)62-40-56(39-61(66)63(62)64)65-41-52-34-42-33-51(52)36-55(65)35-42/h1-32,37-40,42,51-52,55H,33-36,41H2/t42?,51?,52-,55?/m0/s1. The number of piperidine rings is 1. The van der Waals surface area contributed by atoms with Crippen LogP contribution in [0.2, 0.25) is 0 Å². The minimum Gasteiger partial charge on any atom is -0.368 e. The third-order valence-electron chi connectivity index (χ3n) is 16.1. The highest BCUT2D eigenvalue weighted by Gasteiger charge is 2.49. The molecule has 9 aromatic rings. The predicted octanol–water partition coefficient (Wildman–Crippen LogP) is 14.1. The molecule has 3 nitrogen and oxygen atoms in total. The first kappa shape index (κ1) is 38.7. The molecule has 0 N–H and O–H groups in total. The Balaban J connectivity index is 1.04. The van der Waals surface area contributed by atoms with Crippen molar-refractivity contribution >= 4 is 62.9 Å². The van der Waals surface area contributed by atoms with Gasteiger partial charge in [-0.2, -0.15) is 0 Å². The summed E-state index contributed by atoms with van der Waals surface area (Å²) in [5, 5.41) is 0. The number of rotatable bonds is 7. The van der Waals surface area contributed by atoms with E-state index in [1.54, 1.807) is 0 Å². The molecular formula is C63H50BN3. The van der Waals surface area contributed by atoms with Crippen LogP contribution in [0.1, 0.15) is 25.7 Å². The maximum Gasteiger partial charge on any atom is 0.252 e. The number of anilines is 7. The van der Waals surface area contributed by atoms with Gasteiger partial charge in [0, 0.05) is 52.4 Å². The molecular weight excluding hydrogens is 810 g/mol. The van der Waals surface area contributed by atoms with Gasteiger partial charge < -0.3 is 14.7 Å². The molecule has 3 bridgehead atoms. The largest absolute Gasteiger partial charge is 0.368 e. The van der Waals surface area contributed by atoms with E-state index in [2.05, 4.69) is 233 Å². The molecule has 3 aliphatic heterocycles. The maximum atomic E-state index is 2.85. The van der Waals surface area contributed by atoms with Gasteiger partial charge in [-0.25, -0.2) is 0 Å². The normalized spacial score (nSPS) is 19.5. The van der Waals surface area contributed by atoms with Crippen molar-refractivity contribution in [1.29, 1.82) is 0 Å². The molecule has 5 aliphatic rings. The average molecular weight is 860 g/mol. The lowest BCUT2D eigenvalue weighted by Gasteiger charge is -2.47. The molecule has 3 fully saturated rings. The zero-order valence-corrected chi connectivity index (χ0v) is 37.5. The first-order chi connectivity index (χ1) is 33.2. The van der Waals surface area contributed by atoms with E-state index < -0.39 is 0 Å². The van der Waals surface area contributed by atoms with Gasteiger partial charge in [0.05, 0.1) is 0 Å². The SMILES string of the molecule is c1ccc(-c2ccc(N3c4ccc(-c5ccccc5)cc4B4c5cc(-c6ccccc6)ccc5N(c5ccc(-c6ccccc6)cc5)c5cc(N6C[C@@H]7CC8CC7CC6C8)cc3c54)cc2)cc1. The van der Waals surface area contributed by atoms with E-state index in [9.17, 15) is 0 Å². The Morgan fingerprint density at radius 2 is 0.731 bits per heavy atom. The van der Waals surface area contributed by atoms with Crippen LogP contribution in [-0.2, 0) is 0 Å². The minimum atomic E-state index is -0.00992. The van der Waals surface area contributed by atoms with E-state index in [-0.39, 0.29) is 6.71 Å². The second-order valence-corrected chi connectivity index (χ2v) is 19.7. The zero-order valence-electron chi connectivity index (χ0n) is 37.5. The Morgan fingerprint density at radius 3 is 1.19 bits per heavy atom. The first-order valence-corrected chi connectivity index (χ1v) is 24.4. The number of nitrogens with zero attached hydrogens (tertiary/aromatic N) is 3. The minimum absolute atomic E-state index is 0.00992. The molecule has 2 aliphatic carbocycles. The number of fused-ring (bicyclic) bond motifs is 6. The van der Waals surface area contributed by atoms with E-state index in [0.29, 0.717) is 6.04 Å². The molecule has 1 saturated heterocycles. The second-order valence-electron chi connectivity index (χ2n) is 19.7. The van der Waals surface area contributed by atoms with Crippen LogP contribution in [0.25, 0.3) is 44.5 Å². The third-order valence-corrected chi connectivity index (χ3v) is 16.1. The summed E-state index contributed by atoms with van der Waals surface area (Å²) in [7, 11) is 0. The summed E-state index contributed by atoms with van der Waals surface area (Å²) in [5.74, 6) is 2.53. The van der Waals surface area contributed by atoms with Crippen molar-refractivity contribution in [3.8, 4) is 44.5 Å². The van der Waals surface area contributed by atoms with Crippen LogP contribution in [0, 0.1) is 17.8 Å². The van der Waals surface area contributed by atoms with Crippen molar-refractivity contribution in [1.82, 2.24) is 0 Å². The summed E-state index contributed by atoms with van der Waals surface area (Å²) in [5.41, 5.74) is 22.6. The molecule has 3 unspecified atom stereocenters. The summed E-state index contributed by atoms with van der Waals surface area (Å²) in [6.07, 6.45) is 5.47. The van der Waals surface area contributed by atoms with Gasteiger partial charge in [0.2, 0.25) is 0 Å². The van der Waals surface area contributed by atoms with Crippen molar-refractivity contribution in [2.45, 2.75) is 31.7 Å². The van der Waals surface area contributed by atoms with E-state index in [4.69, 9.17) is 0 Å². The van der Waals surface area contributed by atoms with Crippen LogP contribution in [-0.4, -0.2) is 19.3 Å². The number of hydrogen-bond donors (Lipinski definition) is 0. The third kappa shape index (κ3) is 6.41. The Bertz CT molecular complexity index is 3100. The molecule has 4 atom stereocenters. The van der Waals surface area contributed by atoms with Gasteiger partial charge in [-0.1, -0.05) is 170 Å². The summed E-state index contributed by atoms with van der Waals surface area (Å²) in [4.78, 5) is 8.06. The van der Waals surface area contributed by atoms with Crippen molar-refractivity contribution in [2.75, 3.05) is 21.2 Å². The van der Waals surface area contributed by atoms with Crippen LogP contribution in [0.15, 0.2) is 218 Å². The molecule has 0 spiro atoms. The summed E-state index contributed by atoms with van der Waals surface area (Å²) in [6.45, 7) is 1.14. The van der Waals surface area contributed by atoms with Crippen LogP contribution in [0.5, 0.6) is 0 Å². The Hall–Kier alpha value is -7.56. The Morgan fingerprint density at radius 1 is 0.328 bits per heavy atom. The van der Waals surface area contributed by atoms with Crippen LogP contribution < -0.4 is 31.1 Å². The highest BCUT2D eigenvalue weighted by atomic mass is 15.2. The van der Waals surface area contributed by atoms with Gasteiger partial charge in [-0.15, -0.1) is 0 Å². The van der Waals surface area contributed by atoms with Gasteiger partial charge in [0.1, 0.15) is 0 Å². The van der Waals surface area contributed by atoms with Crippen LogP contribution in [0.3, 0.4) is 0 Å². The number of benzene rings is 9. The van der Waals surface area contributed by atoms with Crippen molar-refractivity contribution < 1.29 is 0 Å². The van der Waals surface area contributed by atoms with E-state index in [1.807, 2.05) is 0 Å². The predicted molar refractivity (Wildman–Crippen MR) is 282 cm³/mol. The van der Waals surface area contributed by atoms with Crippen molar-refractivity contribution in [3.63, 3.8) is 0 Å². The first-order valence-electron chi connectivity index (χ1n) is 24.4. The molecule has 0 radical (unpaired) electrons. The quantitative estimate of drug-likeness (QED) is 0.148.